The van der Waals surface area contributed by atoms with Crippen LogP contribution in [0, 0.1) is 0 Å². The molecule has 3 rings (SSSR count). The van der Waals surface area contributed by atoms with Crippen LogP contribution in [-0.4, -0.2) is 31.8 Å². The highest BCUT2D eigenvalue weighted by Crippen LogP contribution is 2.37. The highest BCUT2D eigenvalue weighted by molar-refractivity contribution is 5.97. The molecule has 1 amide bonds. The van der Waals surface area contributed by atoms with Crippen molar-refractivity contribution in [2.24, 2.45) is 0 Å². The standard InChI is InChI=1S/C13H16N2O4/c14-8-6-11-12(19-5-4-18-11)7-9(8)15-13(16)10-2-1-3-17-10/h6-7,10H,1-5,14H2,(H,15,16). The van der Waals surface area contributed by atoms with Crippen LogP contribution in [-0.2, 0) is 9.53 Å². The van der Waals surface area contributed by atoms with Crippen molar-refractivity contribution in [3.63, 3.8) is 0 Å². The summed E-state index contributed by atoms with van der Waals surface area (Å²) < 4.78 is 16.2. The van der Waals surface area contributed by atoms with E-state index < -0.39 is 0 Å². The minimum Gasteiger partial charge on any atom is -0.486 e. The number of nitrogen functional groups attached to an aromatic ring is 1. The van der Waals surface area contributed by atoms with Crippen LogP contribution in [0.1, 0.15) is 12.8 Å². The number of hydrogen-bond acceptors (Lipinski definition) is 5. The molecule has 0 spiro atoms. The maximum absolute atomic E-state index is 12.0. The van der Waals surface area contributed by atoms with Gasteiger partial charge in [0.2, 0.25) is 0 Å². The van der Waals surface area contributed by atoms with Gasteiger partial charge in [-0.05, 0) is 12.8 Å². The molecule has 6 heteroatoms. The van der Waals surface area contributed by atoms with E-state index in [0.717, 1.165) is 12.8 Å². The summed E-state index contributed by atoms with van der Waals surface area (Å²) in [6, 6.07) is 3.36. The molecular formula is C13H16N2O4. The smallest absolute Gasteiger partial charge is 0.253 e. The minimum absolute atomic E-state index is 0.166. The zero-order valence-electron chi connectivity index (χ0n) is 10.5. The molecule has 19 heavy (non-hydrogen) atoms. The molecule has 3 N–H and O–H groups in total. The lowest BCUT2D eigenvalue weighted by Crippen LogP contribution is -2.27. The number of amides is 1. The molecule has 2 aliphatic rings. The largest absolute Gasteiger partial charge is 0.486 e. The van der Waals surface area contributed by atoms with Crippen molar-refractivity contribution in [3.8, 4) is 11.5 Å². The van der Waals surface area contributed by atoms with Gasteiger partial charge in [0, 0.05) is 18.7 Å². The Kier molecular flexibility index (Phi) is 3.16. The number of fused-ring (bicyclic) bond motifs is 1. The van der Waals surface area contributed by atoms with E-state index in [2.05, 4.69) is 5.32 Å². The van der Waals surface area contributed by atoms with Crippen molar-refractivity contribution in [3.05, 3.63) is 12.1 Å². The Bertz CT molecular complexity index is 498. The second kappa shape index (κ2) is 4.97. The minimum atomic E-state index is -0.382. The quantitative estimate of drug-likeness (QED) is 0.783. The number of ether oxygens (including phenoxy) is 3. The lowest BCUT2D eigenvalue weighted by Gasteiger charge is -2.20. The molecule has 0 radical (unpaired) electrons. The van der Waals surface area contributed by atoms with Crippen molar-refractivity contribution in [2.75, 3.05) is 30.9 Å². The van der Waals surface area contributed by atoms with Crippen LogP contribution in [0.2, 0.25) is 0 Å². The Balaban J connectivity index is 1.78. The molecule has 1 unspecified atom stereocenters. The maximum atomic E-state index is 12.0. The molecule has 0 bridgehead atoms. The van der Waals surface area contributed by atoms with E-state index in [1.54, 1.807) is 12.1 Å². The summed E-state index contributed by atoms with van der Waals surface area (Å²) in [7, 11) is 0. The van der Waals surface area contributed by atoms with Gasteiger partial charge < -0.3 is 25.3 Å². The van der Waals surface area contributed by atoms with E-state index in [0.29, 0.717) is 42.7 Å². The fourth-order valence-electron chi connectivity index (χ4n) is 2.21. The second-order valence-corrected chi connectivity index (χ2v) is 4.57. The third-order valence-electron chi connectivity index (χ3n) is 3.19. The third kappa shape index (κ3) is 2.44. The van der Waals surface area contributed by atoms with Crippen LogP contribution in [0.3, 0.4) is 0 Å². The van der Waals surface area contributed by atoms with Gasteiger partial charge in [0.15, 0.2) is 11.5 Å². The Labute approximate surface area is 110 Å². The van der Waals surface area contributed by atoms with E-state index in [1.165, 1.54) is 0 Å². The van der Waals surface area contributed by atoms with Gasteiger partial charge in [0.1, 0.15) is 19.3 Å². The van der Waals surface area contributed by atoms with Gasteiger partial charge in [-0.3, -0.25) is 4.79 Å². The Morgan fingerprint density at radius 3 is 2.63 bits per heavy atom. The summed E-state index contributed by atoms with van der Waals surface area (Å²) in [5, 5.41) is 2.78. The van der Waals surface area contributed by atoms with E-state index in [1.807, 2.05) is 0 Å². The first-order valence-corrected chi connectivity index (χ1v) is 6.35. The van der Waals surface area contributed by atoms with Crippen molar-refractivity contribution < 1.29 is 19.0 Å². The molecule has 1 atom stereocenters. The first kappa shape index (κ1) is 12.1. The molecule has 1 saturated heterocycles. The molecule has 1 aromatic carbocycles. The lowest BCUT2D eigenvalue weighted by molar-refractivity contribution is -0.124. The molecule has 1 aromatic rings. The van der Waals surface area contributed by atoms with Crippen molar-refractivity contribution in [2.45, 2.75) is 18.9 Å². The number of nitrogens with two attached hydrogens (primary N) is 1. The number of anilines is 2. The SMILES string of the molecule is Nc1cc2c(cc1NC(=O)C1CCCO1)OCCO2. The molecule has 6 nitrogen and oxygen atoms in total. The maximum Gasteiger partial charge on any atom is 0.253 e. The summed E-state index contributed by atoms with van der Waals surface area (Å²) in [6.45, 7) is 1.64. The highest BCUT2D eigenvalue weighted by Gasteiger charge is 2.24. The fraction of sp³-hybridized carbons (Fsp3) is 0.462. The summed E-state index contributed by atoms with van der Waals surface area (Å²) in [5.74, 6) is 1.04. The van der Waals surface area contributed by atoms with Crippen molar-refractivity contribution in [1.29, 1.82) is 0 Å². The first-order chi connectivity index (χ1) is 9.24. The van der Waals surface area contributed by atoms with Gasteiger partial charge in [-0.15, -0.1) is 0 Å². The van der Waals surface area contributed by atoms with Gasteiger partial charge in [0.25, 0.3) is 5.91 Å². The fourth-order valence-corrected chi connectivity index (χ4v) is 2.21. The van der Waals surface area contributed by atoms with Crippen LogP contribution in [0.4, 0.5) is 11.4 Å². The predicted molar refractivity (Wildman–Crippen MR) is 69.4 cm³/mol. The molecule has 0 aliphatic carbocycles. The molecule has 0 aromatic heterocycles. The van der Waals surface area contributed by atoms with Crippen LogP contribution >= 0.6 is 0 Å². The van der Waals surface area contributed by atoms with Gasteiger partial charge >= 0.3 is 0 Å². The molecule has 0 saturated carbocycles. The number of rotatable bonds is 2. The van der Waals surface area contributed by atoms with E-state index in [-0.39, 0.29) is 12.0 Å². The van der Waals surface area contributed by atoms with Crippen LogP contribution < -0.4 is 20.5 Å². The van der Waals surface area contributed by atoms with E-state index >= 15 is 0 Å². The predicted octanol–water partition coefficient (Wildman–Crippen LogP) is 1.16. The number of nitrogens with one attached hydrogen (secondary N) is 1. The summed E-state index contributed by atoms with van der Waals surface area (Å²) >= 11 is 0. The average Bonchev–Trinajstić information content (AvgIpc) is 2.93. The van der Waals surface area contributed by atoms with Crippen LogP contribution in [0.5, 0.6) is 11.5 Å². The van der Waals surface area contributed by atoms with E-state index in [9.17, 15) is 4.79 Å². The summed E-state index contributed by atoms with van der Waals surface area (Å²) in [5.41, 5.74) is 6.89. The first-order valence-electron chi connectivity index (χ1n) is 6.35. The monoisotopic (exact) mass is 264 g/mol. The number of carbonyl (C=O) groups is 1. The second-order valence-electron chi connectivity index (χ2n) is 4.57. The van der Waals surface area contributed by atoms with Gasteiger partial charge in [-0.25, -0.2) is 0 Å². The Hall–Kier alpha value is -1.95. The van der Waals surface area contributed by atoms with E-state index in [4.69, 9.17) is 19.9 Å². The van der Waals surface area contributed by atoms with Crippen LogP contribution in [0.25, 0.3) is 0 Å². The molecule has 2 aliphatic heterocycles. The number of carbonyl (C=O) groups excluding carboxylic acids is 1. The summed E-state index contributed by atoms with van der Waals surface area (Å²) in [6.07, 6.45) is 1.28. The zero-order chi connectivity index (χ0) is 13.2. The number of benzene rings is 1. The van der Waals surface area contributed by atoms with Crippen molar-refractivity contribution >= 4 is 17.3 Å². The van der Waals surface area contributed by atoms with Gasteiger partial charge in [0.05, 0.1) is 11.4 Å². The number of hydrogen-bond donors (Lipinski definition) is 2. The molecule has 2 heterocycles. The zero-order valence-corrected chi connectivity index (χ0v) is 10.5. The molecular weight excluding hydrogens is 248 g/mol. The molecule has 102 valence electrons. The van der Waals surface area contributed by atoms with Crippen LogP contribution in [0.15, 0.2) is 12.1 Å². The summed E-state index contributed by atoms with van der Waals surface area (Å²) in [4.78, 5) is 12.0. The van der Waals surface area contributed by atoms with Gasteiger partial charge in [-0.1, -0.05) is 0 Å². The highest BCUT2D eigenvalue weighted by atomic mass is 16.6. The molecule has 1 fully saturated rings. The topological polar surface area (TPSA) is 82.8 Å². The lowest BCUT2D eigenvalue weighted by atomic mass is 10.2. The average molecular weight is 264 g/mol. The third-order valence-corrected chi connectivity index (χ3v) is 3.19. The van der Waals surface area contributed by atoms with Crippen molar-refractivity contribution in [1.82, 2.24) is 0 Å². The normalized spacial score (nSPS) is 21.2. The van der Waals surface area contributed by atoms with Gasteiger partial charge in [-0.2, -0.15) is 0 Å². The Morgan fingerprint density at radius 1 is 1.21 bits per heavy atom. The Morgan fingerprint density at radius 2 is 1.95 bits per heavy atom.